The Morgan fingerprint density at radius 2 is 1.83 bits per heavy atom. The van der Waals surface area contributed by atoms with Crippen molar-refractivity contribution in [2.24, 2.45) is 0 Å². The summed E-state index contributed by atoms with van der Waals surface area (Å²) >= 11 is 0. The Morgan fingerprint density at radius 3 is 2.61 bits per heavy atom. The summed E-state index contributed by atoms with van der Waals surface area (Å²) in [6.45, 7) is 1.83. The summed E-state index contributed by atoms with van der Waals surface area (Å²) in [5, 5.41) is 6.12. The van der Waals surface area contributed by atoms with E-state index in [1.807, 2.05) is 19.1 Å². The van der Waals surface area contributed by atoms with Crippen molar-refractivity contribution < 1.29 is 9.18 Å². The number of carbonyl (C=O) groups excluding carboxylic acids is 1. The number of hydrogen-bond donors (Lipinski definition) is 2. The largest absolute Gasteiger partial charge is 0.374 e. The third-order valence-electron chi connectivity index (χ3n) is 4.27. The minimum absolute atomic E-state index is 0.134. The normalized spacial score (nSPS) is 14.7. The molecule has 0 bridgehead atoms. The molecular formula is C19H21FN2O. The smallest absolute Gasteiger partial charge is 0.246 e. The minimum atomic E-state index is -0.367. The quantitative estimate of drug-likeness (QED) is 0.890. The van der Waals surface area contributed by atoms with Crippen molar-refractivity contribution in [3.05, 3.63) is 59.4 Å². The standard InChI is InChI=1S/C19H21FN2O/c1-13(19(23)22-16-11-9-15(20)10-12-16)21-18-8-4-6-14-5-2-3-7-17(14)18/h4,6,8-13,21H,2-3,5,7H2,1H3,(H,22,23). The summed E-state index contributed by atoms with van der Waals surface area (Å²) < 4.78 is 12.9. The van der Waals surface area contributed by atoms with Gasteiger partial charge in [0.15, 0.2) is 0 Å². The Morgan fingerprint density at radius 1 is 1.09 bits per heavy atom. The van der Waals surface area contributed by atoms with Gasteiger partial charge >= 0.3 is 0 Å². The number of nitrogens with one attached hydrogen (secondary N) is 2. The predicted molar refractivity (Wildman–Crippen MR) is 91.2 cm³/mol. The fourth-order valence-corrected chi connectivity index (χ4v) is 3.00. The fourth-order valence-electron chi connectivity index (χ4n) is 3.00. The van der Waals surface area contributed by atoms with Crippen molar-refractivity contribution in [2.45, 2.75) is 38.6 Å². The number of hydrogen-bond acceptors (Lipinski definition) is 2. The molecule has 3 rings (SSSR count). The van der Waals surface area contributed by atoms with Crippen molar-refractivity contribution >= 4 is 17.3 Å². The van der Waals surface area contributed by atoms with E-state index in [2.05, 4.69) is 16.7 Å². The van der Waals surface area contributed by atoms with Crippen LogP contribution in [0.1, 0.15) is 30.9 Å². The van der Waals surface area contributed by atoms with Crippen molar-refractivity contribution in [3.8, 4) is 0 Å². The monoisotopic (exact) mass is 312 g/mol. The summed E-state index contributed by atoms with van der Waals surface area (Å²) in [4.78, 5) is 12.3. The third kappa shape index (κ3) is 3.70. The van der Waals surface area contributed by atoms with Gasteiger partial charge in [-0.2, -0.15) is 0 Å². The van der Waals surface area contributed by atoms with Crippen LogP contribution in [-0.2, 0) is 17.6 Å². The van der Waals surface area contributed by atoms with Gasteiger partial charge in [-0.15, -0.1) is 0 Å². The maximum Gasteiger partial charge on any atom is 0.246 e. The van der Waals surface area contributed by atoms with Crippen LogP contribution < -0.4 is 10.6 Å². The second kappa shape index (κ2) is 6.82. The van der Waals surface area contributed by atoms with Crippen molar-refractivity contribution in [1.29, 1.82) is 0 Å². The van der Waals surface area contributed by atoms with Crippen molar-refractivity contribution in [1.82, 2.24) is 0 Å². The van der Waals surface area contributed by atoms with Gasteiger partial charge in [-0.25, -0.2) is 4.39 Å². The zero-order valence-electron chi connectivity index (χ0n) is 13.2. The van der Waals surface area contributed by atoms with Crippen LogP contribution in [0.25, 0.3) is 0 Å². The molecule has 0 heterocycles. The molecule has 1 aliphatic rings. The van der Waals surface area contributed by atoms with E-state index in [0.29, 0.717) is 5.69 Å². The number of carbonyl (C=O) groups is 1. The van der Waals surface area contributed by atoms with E-state index in [1.54, 1.807) is 12.1 Å². The van der Waals surface area contributed by atoms with Crippen LogP contribution in [0.15, 0.2) is 42.5 Å². The Kier molecular flexibility index (Phi) is 4.60. The average molecular weight is 312 g/mol. The lowest BCUT2D eigenvalue weighted by Crippen LogP contribution is -2.32. The molecule has 3 nitrogen and oxygen atoms in total. The van der Waals surface area contributed by atoms with Gasteiger partial charge in [0.1, 0.15) is 11.9 Å². The predicted octanol–water partition coefficient (Wildman–Crippen LogP) is 4.14. The molecule has 120 valence electrons. The molecule has 0 aliphatic heterocycles. The van der Waals surface area contributed by atoms with Gasteiger partial charge in [-0.05, 0) is 74.1 Å². The van der Waals surface area contributed by atoms with Crippen LogP contribution in [0.5, 0.6) is 0 Å². The third-order valence-corrected chi connectivity index (χ3v) is 4.27. The van der Waals surface area contributed by atoms with Crippen LogP contribution in [0.2, 0.25) is 0 Å². The lowest BCUT2D eigenvalue weighted by atomic mass is 9.90. The lowest BCUT2D eigenvalue weighted by Gasteiger charge is -2.22. The zero-order valence-corrected chi connectivity index (χ0v) is 13.2. The molecule has 0 aromatic heterocycles. The molecule has 4 heteroatoms. The number of anilines is 2. The van der Waals surface area contributed by atoms with Gasteiger partial charge in [-0.3, -0.25) is 4.79 Å². The first-order chi connectivity index (χ1) is 11.1. The molecule has 0 radical (unpaired) electrons. The summed E-state index contributed by atoms with van der Waals surface area (Å²) in [7, 11) is 0. The first-order valence-electron chi connectivity index (χ1n) is 8.07. The molecule has 1 aliphatic carbocycles. The number of fused-ring (bicyclic) bond motifs is 1. The highest BCUT2D eigenvalue weighted by Gasteiger charge is 2.17. The highest BCUT2D eigenvalue weighted by molar-refractivity contribution is 5.96. The van der Waals surface area contributed by atoms with Crippen LogP contribution in [0.3, 0.4) is 0 Å². The van der Waals surface area contributed by atoms with Gasteiger partial charge < -0.3 is 10.6 Å². The Labute approximate surface area is 135 Å². The fraction of sp³-hybridized carbons (Fsp3) is 0.316. The van der Waals surface area contributed by atoms with E-state index in [-0.39, 0.29) is 17.8 Å². The van der Waals surface area contributed by atoms with E-state index >= 15 is 0 Å². The molecule has 1 unspecified atom stereocenters. The zero-order chi connectivity index (χ0) is 16.2. The van der Waals surface area contributed by atoms with Crippen LogP contribution >= 0.6 is 0 Å². The number of aryl methyl sites for hydroxylation is 1. The number of benzene rings is 2. The molecule has 0 spiro atoms. The maximum atomic E-state index is 12.9. The van der Waals surface area contributed by atoms with Gasteiger partial charge in [-0.1, -0.05) is 12.1 Å². The van der Waals surface area contributed by atoms with Crippen LogP contribution in [0, 0.1) is 5.82 Å². The van der Waals surface area contributed by atoms with E-state index in [0.717, 1.165) is 18.5 Å². The molecule has 23 heavy (non-hydrogen) atoms. The van der Waals surface area contributed by atoms with E-state index in [1.165, 1.54) is 36.1 Å². The Balaban J connectivity index is 1.68. The van der Waals surface area contributed by atoms with Gasteiger partial charge in [0, 0.05) is 11.4 Å². The minimum Gasteiger partial charge on any atom is -0.374 e. The average Bonchev–Trinajstić information content (AvgIpc) is 2.57. The Hall–Kier alpha value is -2.36. The van der Waals surface area contributed by atoms with E-state index in [4.69, 9.17) is 0 Å². The summed E-state index contributed by atoms with van der Waals surface area (Å²) in [5.41, 5.74) is 4.36. The molecule has 0 fully saturated rings. The van der Waals surface area contributed by atoms with Gasteiger partial charge in [0.05, 0.1) is 0 Å². The van der Waals surface area contributed by atoms with Gasteiger partial charge in [0.25, 0.3) is 0 Å². The van der Waals surface area contributed by atoms with Crippen molar-refractivity contribution in [2.75, 3.05) is 10.6 Å². The van der Waals surface area contributed by atoms with Gasteiger partial charge in [0.2, 0.25) is 5.91 Å². The molecule has 2 N–H and O–H groups in total. The maximum absolute atomic E-state index is 12.9. The first-order valence-corrected chi connectivity index (χ1v) is 8.07. The number of halogens is 1. The summed E-state index contributed by atoms with van der Waals surface area (Å²) in [6, 6.07) is 11.7. The molecule has 2 aromatic rings. The Bertz CT molecular complexity index is 697. The van der Waals surface area contributed by atoms with Crippen LogP contribution in [-0.4, -0.2) is 11.9 Å². The highest BCUT2D eigenvalue weighted by atomic mass is 19.1. The second-order valence-electron chi connectivity index (χ2n) is 6.01. The molecule has 0 saturated carbocycles. The van der Waals surface area contributed by atoms with Crippen LogP contribution in [0.4, 0.5) is 15.8 Å². The SMILES string of the molecule is CC(Nc1cccc2c1CCCC2)C(=O)Nc1ccc(F)cc1. The lowest BCUT2D eigenvalue weighted by molar-refractivity contribution is -0.116. The number of rotatable bonds is 4. The van der Waals surface area contributed by atoms with E-state index < -0.39 is 0 Å². The summed E-state index contributed by atoms with van der Waals surface area (Å²) in [5.74, 6) is -0.449. The number of amides is 1. The molecular weight excluding hydrogens is 291 g/mol. The first kappa shape index (κ1) is 15.5. The molecule has 2 aromatic carbocycles. The second-order valence-corrected chi connectivity index (χ2v) is 6.01. The molecule has 1 amide bonds. The van der Waals surface area contributed by atoms with E-state index in [9.17, 15) is 9.18 Å². The summed E-state index contributed by atoms with van der Waals surface area (Å²) in [6.07, 6.45) is 4.60. The highest BCUT2D eigenvalue weighted by Crippen LogP contribution is 2.28. The topological polar surface area (TPSA) is 41.1 Å². The molecule has 0 saturated heterocycles. The van der Waals surface area contributed by atoms with Crippen molar-refractivity contribution in [3.63, 3.8) is 0 Å². The molecule has 1 atom stereocenters.